The molecule has 1 saturated carbocycles. The Balaban J connectivity index is 1.66. The fourth-order valence-electron chi connectivity index (χ4n) is 5.77. The van der Waals surface area contributed by atoms with E-state index < -0.39 is 30.2 Å². The number of piperidine rings is 1. The van der Waals surface area contributed by atoms with Crippen LogP contribution in [0.4, 0.5) is 26.3 Å². The summed E-state index contributed by atoms with van der Waals surface area (Å²) >= 11 is 0. The Morgan fingerprint density at radius 3 is 2.33 bits per heavy atom. The minimum Gasteiger partial charge on any atom is -0.294 e. The summed E-state index contributed by atoms with van der Waals surface area (Å²) in [6, 6.07) is 1.84. The topological polar surface area (TPSA) is 33.4 Å². The van der Waals surface area contributed by atoms with Gasteiger partial charge in [-0.3, -0.25) is 4.90 Å². The number of alkyl halides is 6. The zero-order chi connectivity index (χ0) is 24.2. The number of aryl methyl sites for hydroxylation is 1. The molecule has 4 nitrogen and oxygen atoms in total. The van der Waals surface area contributed by atoms with E-state index >= 15 is 0 Å². The van der Waals surface area contributed by atoms with Crippen LogP contribution in [0.2, 0.25) is 0 Å². The van der Waals surface area contributed by atoms with E-state index in [1.807, 2.05) is 26.8 Å². The largest absolute Gasteiger partial charge is 0.401 e. The number of hydrogen-bond donors (Lipinski definition) is 0. The zero-order valence-corrected chi connectivity index (χ0v) is 19.2. The average Bonchev–Trinajstić information content (AvgIpc) is 3.09. The monoisotopic (exact) mass is 476 g/mol. The average molecular weight is 477 g/mol. The van der Waals surface area contributed by atoms with Crippen LogP contribution < -0.4 is 0 Å². The number of hydrogen-bond acceptors (Lipinski definition) is 3. The van der Waals surface area contributed by atoms with Crippen molar-refractivity contribution in [2.45, 2.75) is 83.0 Å². The third kappa shape index (κ3) is 5.00. The molecular formula is C23H30F6N4. The molecule has 0 unspecified atom stereocenters. The van der Waals surface area contributed by atoms with Gasteiger partial charge in [-0.05, 0) is 64.5 Å². The van der Waals surface area contributed by atoms with E-state index in [2.05, 4.69) is 4.98 Å². The molecule has 1 aliphatic heterocycles. The molecule has 1 atom stereocenters. The van der Waals surface area contributed by atoms with Crippen molar-refractivity contribution in [3.8, 4) is 0 Å². The van der Waals surface area contributed by atoms with Gasteiger partial charge in [-0.25, -0.2) is 9.50 Å². The first kappa shape index (κ1) is 24.3. The summed E-state index contributed by atoms with van der Waals surface area (Å²) in [7, 11) is 0. The van der Waals surface area contributed by atoms with Crippen molar-refractivity contribution in [2.24, 2.45) is 5.92 Å². The lowest BCUT2D eigenvalue weighted by molar-refractivity contribution is -0.182. The third-order valence-electron chi connectivity index (χ3n) is 7.46. The van der Waals surface area contributed by atoms with Crippen molar-refractivity contribution < 1.29 is 26.3 Å². The Bertz CT molecular complexity index is 1000. The zero-order valence-electron chi connectivity index (χ0n) is 19.2. The minimum absolute atomic E-state index is 0.0698. The molecule has 33 heavy (non-hydrogen) atoms. The van der Waals surface area contributed by atoms with Gasteiger partial charge in [-0.2, -0.15) is 31.4 Å². The van der Waals surface area contributed by atoms with E-state index in [4.69, 9.17) is 5.10 Å². The molecular weight excluding hydrogens is 446 g/mol. The Morgan fingerprint density at radius 1 is 1.06 bits per heavy atom. The summed E-state index contributed by atoms with van der Waals surface area (Å²) < 4.78 is 80.1. The number of likely N-dealkylation sites (tertiary alicyclic amines) is 1. The Morgan fingerprint density at radius 2 is 1.73 bits per heavy atom. The van der Waals surface area contributed by atoms with Crippen LogP contribution in [-0.4, -0.2) is 51.5 Å². The fourth-order valence-corrected chi connectivity index (χ4v) is 5.77. The van der Waals surface area contributed by atoms with E-state index in [0.29, 0.717) is 31.5 Å². The molecule has 2 aliphatic rings. The highest BCUT2D eigenvalue weighted by molar-refractivity contribution is 5.47. The lowest BCUT2D eigenvalue weighted by atomic mass is 9.77. The normalized spacial score (nSPS) is 27.9. The molecule has 2 fully saturated rings. The molecule has 10 heteroatoms. The van der Waals surface area contributed by atoms with Gasteiger partial charge in [0.05, 0.1) is 23.9 Å². The van der Waals surface area contributed by atoms with Gasteiger partial charge in [0, 0.05) is 29.6 Å². The first-order valence-electron chi connectivity index (χ1n) is 11.5. The number of fused-ring (bicyclic) bond motifs is 1. The Labute approximate surface area is 189 Å². The molecule has 4 rings (SSSR count). The SMILES string of the molecule is Cc1nc2cc(C3CCC(C(F)(F)F)CC3)nn2c([C@]2(C)CCCN(CC(F)(F)F)C2)c1C. The van der Waals surface area contributed by atoms with Crippen LogP contribution >= 0.6 is 0 Å². The van der Waals surface area contributed by atoms with Gasteiger partial charge in [0.1, 0.15) is 0 Å². The van der Waals surface area contributed by atoms with Crippen molar-refractivity contribution in [1.29, 1.82) is 0 Å². The molecule has 0 radical (unpaired) electrons. The van der Waals surface area contributed by atoms with Gasteiger partial charge in [0.25, 0.3) is 0 Å². The van der Waals surface area contributed by atoms with E-state index in [0.717, 1.165) is 29.1 Å². The molecule has 0 spiro atoms. The second-order valence-electron chi connectivity index (χ2n) is 10.1. The Hall–Kier alpha value is -1.84. The fraction of sp³-hybridized carbons (Fsp3) is 0.739. The molecule has 0 N–H and O–H groups in total. The van der Waals surface area contributed by atoms with Gasteiger partial charge in [-0.15, -0.1) is 0 Å². The predicted molar refractivity (Wildman–Crippen MR) is 112 cm³/mol. The van der Waals surface area contributed by atoms with Crippen molar-refractivity contribution in [1.82, 2.24) is 19.5 Å². The summed E-state index contributed by atoms with van der Waals surface area (Å²) in [6.07, 6.45) is -6.04. The van der Waals surface area contributed by atoms with Crippen molar-refractivity contribution in [3.63, 3.8) is 0 Å². The lowest BCUT2D eigenvalue weighted by Crippen LogP contribution is -2.48. The van der Waals surface area contributed by atoms with Crippen molar-refractivity contribution in [2.75, 3.05) is 19.6 Å². The second-order valence-corrected chi connectivity index (χ2v) is 10.1. The highest BCUT2D eigenvalue weighted by atomic mass is 19.4. The van der Waals surface area contributed by atoms with Gasteiger partial charge >= 0.3 is 12.4 Å². The molecule has 3 heterocycles. The molecule has 0 aromatic carbocycles. The maximum Gasteiger partial charge on any atom is 0.401 e. The van der Waals surface area contributed by atoms with Crippen LogP contribution in [0.15, 0.2) is 6.07 Å². The van der Waals surface area contributed by atoms with Crippen LogP contribution in [0.3, 0.4) is 0 Å². The second kappa shape index (κ2) is 8.43. The van der Waals surface area contributed by atoms with Gasteiger partial charge in [-0.1, -0.05) is 6.92 Å². The smallest absolute Gasteiger partial charge is 0.294 e. The van der Waals surface area contributed by atoms with Gasteiger partial charge in [0.2, 0.25) is 0 Å². The lowest BCUT2D eigenvalue weighted by Gasteiger charge is -2.41. The molecule has 1 aliphatic carbocycles. The first-order valence-corrected chi connectivity index (χ1v) is 11.5. The highest BCUT2D eigenvalue weighted by Gasteiger charge is 2.43. The minimum atomic E-state index is -4.26. The molecule has 0 bridgehead atoms. The summed E-state index contributed by atoms with van der Waals surface area (Å²) in [4.78, 5) is 6.09. The molecule has 184 valence electrons. The molecule has 2 aromatic heterocycles. The summed E-state index contributed by atoms with van der Waals surface area (Å²) in [5.74, 6) is -1.33. The van der Waals surface area contributed by atoms with E-state index in [9.17, 15) is 26.3 Å². The predicted octanol–water partition coefficient (Wildman–Crippen LogP) is 6.10. The quantitative estimate of drug-likeness (QED) is 0.502. The van der Waals surface area contributed by atoms with Crippen LogP contribution in [0.1, 0.15) is 74.0 Å². The van der Waals surface area contributed by atoms with E-state index in [1.54, 1.807) is 4.52 Å². The molecule has 0 amide bonds. The number of halogens is 6. The number of aromatic nitrogens is 3. The van der Waals surface area contributed by atoms with Gasteiger partial charge in [0.15, 0.2) is 5.65 Å². The summed E-state index contributed by atoms with van der Waals surface area (Å²) in [5.41, 5.74) is 3.33. The summed E-state index contributed by atoms with van der Waals surface area (Å²) in [5, 5.41) is 4.78. The van der Waals surface area contributed by atoms with Crippen molar-refractivity contribution >= 4 is 5.65 Å². The Kier molecular flexibility index (Phi) is 6.20. The maximum absolute atomic E-state index is 13.1. The van der Waals surface area contributed by atoms with Gasteiger partial charge < -0.3 is 0 Å². The van der Waals surface area contributed by atoms with Crippen LogP contribution in [0.25, 0.3) is 5.65 Å². The number of rotatable bonds is 3. The highest BCUT2D eigenvalue weighted by Crippen LogP contribution is 2.43. The van der Waals surface area contributed by atoms with Crippen LogP contribution in [0, 0.1) is 19.8 Å². The van der Waals surface area contributed by atoms with Crippen LogP contribution in [-0.2, 0) is 5.41 Å². The van der Waals surface area contributed by atoms with E-state index in [-0.39, 0.29) is 25.3 Å². The maximum atomic E-state index is 13.1. The third-order valence-corrected chi connectivity index (χ3v) is 7.46. The van der Waals surface area contributed by atoms with Crippen LogP contribution in [0.5, 0.6) is 0 Å². The van der Waals surface area contributed by atoms with E-state index in [1.165, 1.54) is 4.90 Å². The number of nitrogens with zero attached hydrogens (tertiary/aromatic N) is 4. The molecule has 1 saturated heterocycles. The summed E-state index contributed by atoms with van der Waals surface area (Å²) in [6.45, 7) is 5.49. The first-order chi connectivity index (χ1) is 15.3. The van der Waals surface area contributed by atoms with Crippen molar-refractivity contribution in [3.05, 3.63) is 28.7 Å². The standard InChI is InChI=1S/C23H30F6N4/c1-14-15(2)30-19-11-18(16-5-7-17(8-6-16)23(27,28)29)31-33(19)20(14)21(3)9-4-10-32(12-21)13-22(24,25)26/h11,16-17H,4-10,12-13H2,1-3H3/t16?,17?,21-/m1/s1. The molecule has 2 aromatic rings.